The molecule has 0 aromatic heterocycles. The fourth-order valence-electron chi connectivity index (χ4n) is 4.32. The largest absolute Gasteiger partial charge is 0.428 e. The summed E-state index contributed by atoms with van der Waals surface area (Å²) in [4.78, 5) is 26.1. The summed E-state index contributed by atoms with van der Waals surface area (Å²) in [6.07, 6.45) is 5.09. The van der Waals surface area contributed by atoms with Crippen LogP contribution >= 0.6 is 11.8 Å². The molecule has 0 radical (unpaired) electrons. The highest BCUT2D eigenvalue weighted by Crippen LogP contribution is 2.56. The van der Waals surface area contributed by atoms with Crippen LogP contribution in [0.2, 0.25) is 0 Å². The molecule has 152 valence electrons. The number of esters is 1. The number of hydrogen-bond donors (Lipinski definition) is 0. The van der Waals surface area contributed by atoms with Gasteiger partial charge >= 0.3 is 5.97 Å². The fourth-order valence-corrected chi connectivity index (χ4v) is 5.70. The zero-order valence-electron chi connectivity index (χ0n) is 18.2. The second-order valence-electron chi connectivity index (χ2n) is 9.42. The summed E-state index contributed by atoms with van der Waals surface area (Å²) in [6.45, 7) is 13.9. The van der Waals surface area contributed by atoms with E-state index in [2.05, 4.69) is 33.8 Å². The lowest BCUT2D eigenvalue weighted by Gasteiger charge is -2.34. The molecular formula is C24H32O3S. The average Bonchev–Trinajstić information content (AvgIpc) is 2.84. The topological polar surface area (TPSA) is 43.4 Å². The van der Waals surface area contributed by atoms with Crippen LogP contribution in [-0.2, 0) is 14.3 Å². The molecule has 0 saturated heterocycles. The van der Waals surface area contributed by atoms with Crippen LogP contribution in [-0.4, -0.2) is 15.8 Å². The highest BCUT2D eigenvalue weighted by Gasteiger charge is 2.51. The predicted octanol–water partition coefficient (Wildman–Crippen LogP) is 6.20. The monoisotopic (exact) mass is 400 g/mol. The van der Waals surface area contributed by atoms with Crippen LogP contribution in [0.3, 0.4) is 0 Å². The van der Waals surface area contributed by atoms with Crippen LogP contribution in [0.4, 0.5) is 0 Å². The summed E-state index contributed by atoms with van der Waals surface area (Å²) >= 11 is 1.39. The Kier molecular flexibility index (Phi) is 5.57. The van der Waals surface area contributed by atoms with Crippen molar-refractivity contribution in [3.8, 4) is 0 Å². The number of rotatable bonds is 2. The first-order valence-electron chi connectivity index (χ1n) is 10.3. The van der Waals surface area contributed by atoms with Crippen molar-refractivity contribution in [3.63, 3.8) is 0 Å². The Morgan fingerprint density at radius 3 is 2.18 bits per heavy atom. The van der Waals surface area contributed by atoms with E-state index < -0.39 is 5.41 Å². The first kappa shape index (κ1) is 21.2. The lowest BCUT2D eigenvalue weighted by atomic mass is 9.82. The molecule has 1 aromatic rings. The van der Waals surface area contributed by atoms with E-state index in [1.165, 1.54) is 29.3 Å². The van der Waals surface area contributed by atoms with E-state index in [1.807, 2.05) is 20.8 Å². The van der Waals surface area contributed by atoms with Gasteiger partial charge in [0.15, 0.2) is 0 Å². The summed E-state index contributed by atoms with van der Waals surface area (Å²) in [5, 5.41) is 0.0491. The van der Waals surface area contributed by atoms with Gasteiger partial charge in [-0.15, -0.1) is 0 Å². The Morgan fingerprint density at radius 2 is 1.61 bits per heavy atom. The molecule has 1 fully saturated rings. The average molecular weight is 401 g/mol. The molecule has 1 heterocycles. The number of thioether (sulfide) groups is 1. The Morgan fingerprint density at radius 1 is 1.00 bits per heavy atom. The van der Waals surface area contributed by atoms with Gasteiger partial charge < -0.3 is 4.74 Å². The molecule has 0 amide bonds. The third-order valence-electron chi connectivity index (χ3n) is 6.21. The van der Waals surface area contributed by atoms with Crippen molar-refractivity contribution in [1.82, 2.24) is 0 Å². The van der Waals surface area contributed by atoms with Gasteiger partial charge in [0.05, 0.1) is 15.7 Å². The number of benzene rings is 1. The van der Waals surface area contributed by atoms with Gasteiger partial charge in [0.2, 0.25) is 5.12 Å². The number of aryl methyl sites for hydroxylation is 2. The molecule has 0 atom stereocenters. The number of hydrogen-bond acceptors (Lipinski definition) is 4. The SMILES string of the molecule is Cc1cc(C)c(C2=C(OC(=O)C(C)(C)C)C3(CCCCC3)SC2=O)c(C)c1C. The molecule has 3 nitrogen and oxygen atoms in total. The first-order chi connectivity index (χ1) is 13.0. The maximum absolute atomic E-state index is 13.3. The second kappa shape index (κ2) is 7.37. The van der Waals surface area contributed by atoms with Gasteiger partial charge in [-0.25, -0.2) is 0 Å². The third kappa shape index (κ3) is 3.56. The van der Waals surface area contributed by atoms with Crippen LogP contribution in [0.25, 0.3) is 5.57 Å². The van der Waals surface area contributed by atoms with Crippen molar-refractivity contribution >= 4 is 28.4 Å². The lowest BCUT2D eigenvalue weighted by molar-refractivity contribution is -0.149. The smallest absolute Gasteiger partial charge is 0.316 e. The molecule has 1 saturated carbocycles. The molecule has 1 spiro atoms. The summed E-state index contributed by atoms with van der Waals surface area (Å²) in [7, 11) is 0. The van der Waals surface area contributed by atoms with Crippen LogP contribution < -0.4 is 0 Å². The van der Waals surface area contributed by atoms with E-state index in [9.17, 15) is 9.59 Å². The van der Waals surface area contributed by atoms with Crippen molar-refractivity contribution in [3.05, 3.63) is 39.6 Å². The molecule has 3 rings (SSSR count). The first-order valence-corrected chi connectivity index (χ1v) is 11.1. The summed E-state index contributed by atoms with van der Waals surface area (Å²) < 4.78 is 5.70. The Bertz CT molecular complexity index is 865. The van der Waals surface area contributed by atoms with Gasteiger partial charge in [0.25, 0.3) is 0 Å². The molecule has 1 aliphatic carbocycles. The minimum absolute atomic E-state index is 0.0491. The number of carbonyl (C=O) groups excluding carboxylic acids is 2. The molecule has 28 heavy (non-hydrogen) atoms. The molecule has 0 N–H and O–H groups in total. The van der Waals surface area contributed by atoms with E-state index in [-0.39, 0.29) is 15.8 Å². The zero-order chi connectivity index (χ0) is 20.9. The molecule has 1 aromatic carbocycles. The second-order valence-corrected chi connectivity index (χ2v) is 10.8. The van der Waals surface area contributed by atoms with Crippen molar-refractivity contribution < 1.29 is 14.3 Å². The highest BCUT2D eigenvalue weighted by molar-refractivity contribution is 8.16. The van der Waals surface area contributed by atoms with Gasteiger partial charge in [-0.1, -0.05) is 37.1 Å². The minimum Gasteiger partial charge on any atom is -0.428 e. The summed E-state index contributed by atoms with van der Waals surface area (Å²) in [5.41, 5.74) is 5.56. The van der Waals surface area contributed by atoms with Gasteiger partial charge in [-0.3, -0.25) is 9.59 Å². The van der Waals surface area contributed by atoms with Crippen molar-refractivity contribution in [2.24, 2.45) is 5.41 Å². The van der Waals surface area contributed by atoms with E-state index in [0.29, 0.717) is 11.3 Å². The maximum atomic E-state index is 13.3. The molecule has 4 heteroatoms. The normalized spacial score (nSPS) is 19.5. The van der Waals surface area contributed by atoms with Crippen LogP contribution in [0.1, 0.15) is 80.7 Å². The highest BCUT2D eigenvalue weighted by atomic mass is 32.2. The Hall–Kier alpha value is -1.55. The predicted molar refractivity (Wildman–Crippen MR) is 116 cm³/mol. The molecular weight excluding hydrogens is 368 g/mol. The molecule has 0 bridgehead atoms. The number of carbonyl (C=O) groups is 2. The number of ether oxygens (including phenoxy) is 1. The van der Waals surface area contributed by atoms with Crippen LogP contribution in [0.15, 0.2) is 11.8 Å². The summed E-state index contributed by atoms with van der Waals surface area (Å²) in [6, 6.07) is 2.14. The molecule has 2 aliphatic rings. The lowest BCUT2D eigenvalue weighted by Crippen LogP contribution is -2.33. The van der Waals surface area contributed by atoms with Crippen LogP contribution in [0, 0.1) is 33.1 Å². The van der Waals surface area contributed by atoms with Gasteiger partial charge in [0, 0.05) is 0 Å². The van der Waals surface area contributed by atoms with Gasteiger partial charge in [-0.05, 0) is 89.1 Å². The van der Waals surface area contributed by atoms with E-state index >= 15 is 0 Å². The van der Waals surface area contributed by atoms with Crippen LogP contribution in [0.5, 0.6) is 0 Å². The van der Waals surface area contributed by atoms with E-state index in [1.54, 1.807) is 0 Å². The van der Waals surface area contributed by atoms with E-state index in [4.69, 9.17) is 4.74 Å². The maximum Gasteiger partial charge on any atom is 0.316 e. The third-order valence-corrected chi connectivity index (χ3v) is 7.58. The minimum atomic E-state index is -0.614. The Labute approximate surface area is 173 Å². The van der Waals surface area contributed by atoms with Crippen molar-refractivity contribution in [2.75, 3.05) is 0 Å². The van der Waals surface area contributed by atoms with Gasteiger partial charge in [-0.2, -0.15) is 0 Å². The molecule has 1 aliphatic heterocycles. The zero-order valence-corrected chi connectivity index (χ0v) is 19.1. The van der Waals surface area contributed by atoms with E-state index in [0.717, 1.165) is 42.4 Å². The van der Waals surface area contributed by atoms with Gasteiger partial charge in [0.1, 0.15) is 5.76 Å². The fraction of sp³-hybridized carbons (Fsp3) is 0.583. The van der Waals surface area contributed by atoms with Crippen molar-refractivity contribution in [1.29, 1.82) is 0 Å². The molecule has 0 unspecified atom stereocenters. The summed E-state index contributed by atoms with van der Waals surface area (Å²) in [5.74, 6) is 0.357. The quantitative estimate of drug-likeness (QED) is 0.555. The standard InChI is InChI=1S/C24H32O3S/c1-14-13-15(2)18(17(4)16(14)3)19-20(27-22(26)23(5,6)7)24(28-21(19)25)11-9-8-10-12-24/h13H,8-12H2,1-7H3. The Balaban J connectivity index is 2.25. The van der Waals surface area contributed by atoms with Crippen molar-refractivity contribution in [2.45, 2.75) is 85.3 Å².